The first kappa shape index (κ1) is 13.0. The van der Waals surface area contributed by atoms with Crippen molar-refractivity contribution < 1.29 is 0 Å². The molecule has 0 bridgehead atoms. The maximum Gasteiger partial charge on any atom is 0.00387 e. The average molecular weight is 212 g/mol. The quantitative estimate of drug-likeness (QED) is 0.728. The minimum atomic E-state index is 0.697. The summed E-state index contributed by atoms with van der Waals surface area (Å²) in [4.78, 5) is 2.59. The van der Waals surface area contributed by atoms with Crippen molar-refractivity contribution in [3.05, 3.63) is 0 Å². The molecule has 90 valence electrons. The molecule has 2 unspecified atom stereocenters. The number of likely N-dealkylation sites (tertiary alicyclic amines) is 1. The molecule has 0 saturated carbocycles. The Hall–Kier alpha value is -0.0800. The van der Waals surface area contributed by atoms with Crippen molar-refractivity contribution in [1.29, 1.82) is 0 Å². The first-order valence-corrected chi connectivity index (χ1v) is 6.61. The van der Waals surface area contributed by atoms with Crippen LogP contribution in [0.25, 0.3) is 0 Å². The molecule has 0 aromatic carbocycles. The summed E-state index contributed by atoms with van der Waals surface area (Å²) in [6.07, 6.45) is 3.97. The molecule has 1 aliphatic heterocycles. The minimum absolute atomic E-state index is 0.697. The van der Waals surface area contributed by atoms with Crippen molar-refractivity contribution in [3.63, 3.8) is 0 Å². The van der Waals surface area contributed by atoms with Gasteiger partial charge < -0.3 is 10.2 Å². The Morgan fingerprint density at radius 2 is 2.07 bits per heavy atom. The number of hydrogen-bond acceptors (Lipinski definition) is 2. The third-order valence-corrected chi connectivity index (χ3v) is 3.52. The Bertz CT molecular complexity index is 168. The molecule has 0 aromatic rings. The molecule has 15 heavy (non-hydrogen) atoms. The topological polar surface area (TPSA) is 15.3 Å². The Morgan fingerprint density at radius 3 is 2.60 bits per heavy atom. The first-order valence-electron chi connectivity index (χ1n) is 6.61. The van der Waals surface area contributed by atoms with Gasteiger partial charge in [0.2, 0.25) is 0 Å². The minimum Gasteiger partial charge on any atom is -0.314 e. The normalized spacial score (nSPS) is 25.0. The SMILES string of the molecule is CCCC(C)NCC1CCN(C(C)C)C1. The molecule has 2 atom stereocenters. The monoisotopic (exact) mass is 212 g/mol. The zero-order valence-electron chi connectivity index (χ0n) is 10.9. The summed E-state index contributed by atoms with van der Waals surface area (Å²) in [5.74, 6) is 0.881. The summed E-state index contributed by atoms with van der Waals surface area (Å²) < 4.78 is 0. The maximum atomic E-state index is 3.66. The molecule has 0 aliphatic carbocycles. The van der Waals surface area contributed by atoms with E-state index < -0.39 is 0 Å². The molecule has 0 aromatic heterocycles. The molecule has 1 N–H and O–H groups in total. The van der Waals surface area contributed by atoms with Gasteiger partial charge in [0.1, 0.15) is 0 Å². The second kappa shape index (κ2) is 6.49. The van der Waals surface area contributed by atoms with Crippen LogP contribution in [-0.2, 0) is 0 Å². The maximum absolute atomic E-state index is 3.66. The van der Waals surface area contributed by atoms with Crippen LogP contribution in [0.3, 0.4) is 0 Å². The van der Waals surface area contributed by atoms with E-state index in [-0.39, 0.29) is 0 Å². The van der Waals surface area contributed by atoms with Gasteiger partial charge in [-0.15, -0.1) is 0 Å². The van der Waals surface area contributed by atoms with Crippen molar-refractivity contribution in [2.24, 2.45) is 5.92 Å². The van der Waals surface area contributed by atoms with Gasteiger partial charge in [-0.1, -0.05) is 13.3 Å². The lowest BCUT2D eigenvalue weighted by atomic mass is 10.1. The zero-order valence-corrected chi connectivity index (χ0v) is 10.9. The van der Waals surface area contributed by atoms with Crippen molar-refractivity contribution in [1.82, 2.24) is 10.2 Å². The van der Waals surface area contributed by atoms with Crippen LogP contribution in [0, 0.1) is 5.92 Å². The first-order chi connectivity index (χ1) is 7.13. The third-order valence-electron chi connectivity index (χ3n) is 3.52. The smallest absolute Gasteiger partial charge is 0.00387 e. The molecule has 1 aliphatic rings. The fraction of sp³-hybridized carbons (Fsp3) is 1.00. The Balaban J connectivity index is 2.13. The average Bonchev–Trinajstić information content (AvgIpc) is 2.63. The van der Waals surface area contributed by atoms with Crippen molar-refractivity contribution in [3.8, 4) is 0 Å². The van der Waals surface area contributed by atoms with E-state index in [1.54, 1.807) is 0 Å². The van der Waals surface area contributed by atoms with Crippen LogP contribution < -0.4 is 5.32 Å². The Labute approximate surface area is 95.4 Å². The van der Waals surface area contributed by atoms with E-state index in [4.69, 9.17) is 0 Å². The summed E-state index contributed by atoms with van der Waals surface area (Å²) in [7, 11) is 0. The predicted octanol–water partition coefficient (Wildman–Crippen LogP) is 2.49. The van der Waals surface area contributed by atoms with E-state index in [2.05, 4.69) is 37.9 Å². The lowest BCUT2D eigenvalue weighted by Crippen LogP contribution is -2.33. The summed E-state index contributed by atoms with van der Waals surface area (Å²) in [6.45, 7) is 13.0. The Kier molecular flexibility index (Phi) is 5.62. The standard InChI is InChI=1S/C13H28N2/c1-5-6-12(4)14-9-13-7-8-15(10-13)11(2)3/h11-14H,5-10H2,1-4H3. The predicted molar refractivity (Wildman–Crippen MR) is 67.2 cm³/mol. The summed E-state index contributed by atoms with van der Waals surface area (Å²) in [5, 5.41) is 3.66. The van der Waals surface area contributed by atoms with E-state index in [0.717, 1.165) is 12.0 Å². The fourth-order valence-electron chi connectivity index (χ4n) is 2.40. The van der Waals surface area contributed by atoms with Crippen molar-refractivity contribution in [2.75, 3.05) is 19.6 Å². The number of nitrogens with one attached hydrogen (secondary N) is 1. The lowest BCUT2D eigenvalue weighted by molar-refractivity contribution is 0.262. The van der Waals surface area contributed by atoms with Crippen molar-refractivity contribution >= 4 is 0 Å². The van der Waals surface area contributed by atoms with Crippen LogP contribution >= 0.6 is 0 Å². The van der Waals surface area contributed by atoms with Gasteiger partial charge in [-0.2, -0.15) is 0 Å². The second-order valence-corrected chi connectivity index (χ2v) is 5.34. The van der Waals surface area contributed by atoms with E-state index in [1.165, 1.54) is 38.9 Å². The van der Waals surface area contributed by atoms with Crippen LogP contribution in [0.5, 0.6) is 0 Å². The van der Waals surface area contributed by atoms with E-state index in [1.807, 2.05) is 0 Å². The van der Waals surface area contributed by atoms with E-state index in [0.29, 0.717) is 6.04 Å². The highest BCUT2D eigenvalue weighted by atomic mass is 15.2. The van der Waals surface area contributed by atoms with Crippen LogP contribution in [0.4, 0.5) is 0 Å². The molecule has 0 spiro atoms. The molecule has 0 radical (unpaired) electrons. The van der Waals surface area contributed by atoms with Gasteiger partial charge in [0.05, 0.1) is 0 Å². The summed E-state index contributed by atoms with van der Waals surface area (Å²) in [5.41, 5.74) is 0. The highest BCUT2D eigenvalue weighted by Crippen LogP contribution is 2.17. The highest BCUT2D eigenvalue weighted by Gasteiger charge is 2.23. The van der Waals surface area contributed by atoms with Crippen LogP contribution in [-0.4, -0.2) is 36.6 Å². The van der Waals surface area contributed by atoms with Gasteiger partial charge in [-0.05, 0) is 52.6 Å². The number of rotatable bonds is 6. The molecule has 2 nitrogen and oxygen atoms in total. The largest absolute Gasteiger partial charge is 0.314 e. The van der Waals surface area contributed by atoms with E-state index in [9.17, 15) is 0 Å². The molecule has 1 rings (SSSR count). The zero-order chi connectivity index (χ0) is 11.3. The molecule has 1 saturated heterocycles. The van der Waals surface area contributed by atoms with Gasteiger partial charge >= 0.3 is 0 Å². The van der Waals surface area contributed by atoms with Gasteiger partial charge in [-0.25, -0.2) is 0 Å². The van der Waals surface area contributed by atoms with Crippen LogP contribution in [0.15, 0.2) is 0 Å². The molecule has 1 heterocycles. The highest BCUT2D eigenvalue weighted by molar-refractivity contribution is 4.79. The fourth-order valence-corrected chi connectivity index (χ4v) is 2.40. The molecular formula is C13H28N2. The van der Waals surface area contributed by atoms with E-state index >= 15 is 0 Å². The summed E-state index contributed by atoms with van der Waals surface area (Å²) in [6, 6.07) is 1.42. The molecular weight excluding hydrogens is 184 g/mol. The van der Waals surface area contributed by atoms with Gasteiger partial charge in [-0.3, -0.25) is 0 Å². The molecule has 0 amide bonds. The van der Waals surface area contributed by atoms with Crippen molar-refractivity contribution in [2.45, 2.75) is 59.0 Å². The Morgan fingerprint density at radius 1 is 1.33 bits per heavy atom. The second-order valence-electron chi connectivity index (χ2n) is 5.34. The third kappa shape index (κ3) is 4.52. The van der Waals surface area contributed by atoms with Crippen LogP contribution in [0.2, 0.25) is 0 Å². The number of nitrogens with zero attached hydrogens (tertiary/aromatic N) is 1. The van der Waals surface area contributed by atoms with Gasteiger partial charge in [0, 0.05) is 18.6 Å². The lowest BCUT2D eigenvalue weighted by Gasteiger charge is -2.21. The summed E-state index contributed by atoms with van der Waals surface area (Å²) >= 11 is 0. The molecule has 1 fully saturated rings. The number of hydrogen-bond donors (Lipinski definition) is 1. The van der Waals surface area contributed by atoms with Gasteiger partial charge in [0.15, 0.2) is 0 Å². The van der Waals surface area contributed by atoms with Crippen LogP contribution in [0.1, 0.15) is 47.0 Å². The van der Waals surface area contributed by atoms with Gasteiger partial charge in [0.25, 0.3) is 0 Å². The molecule has 2 heteroatoms.